The summed E-state index contributed by atoms with van der Waals surface area (Å²) in [4.78, 5) is 26.1. The average Bonchev–Trinajstić information content (AvgIpc) is 3.22. The second-order valence-electron chi connectivity index (χ2n) is 8.26. The Bertz CT molecular complexity index is 873. The lowest BCUT2D eigenvalue weighted by molar-refractivity contribution is -0.235. The van der Waals surface area contributed by atoms with Gasteiger partial charge in [-0.3, -0.25) is 0 Å². The third-order valence-electron chi connectivity index (χ3n) is 5.50. The predicted octanol–water partition coefficient (Wildman–Crippen LogP) is 1.35. The predicted molar refractivity (Wildman–Crippen MR) is 115 cm³/mol. The number of hydrogen-bond donors (Lipinski definition) is 1. The van der Waals surface area contributed by atoms with E-state index in [-0.39, 0.29) is 19.6 Å². The first-order valence-electron chi connectivity index (χ1n) is 10.9. The normalized spacial score (nSPS) is 28.1. The lowest BCUT2D eigenvalue weighted by atomic mass is 9.92. The summed E-state index contributed by atoms with van der Waals surface area (Å²) >= 11 is 0. The van der Waals surface area contributed by atoms with E-state index in [2.05, 4.69) is 5.92 Å². The zero-order valence-electron chi connectivity index (χ0n) is 19.2. The van der Waals surface area contributed by atoms with Crippen LogP contribution in [0, 0.1) is 12.3 Å². The molecule has 0 saturated carbocycles. The van der Waals surface area contributed by atoms with Crippen LogP contribution in [0.5, 0.6) is 0 Å². The summed E-state index contributed by atoms with van der Waals surface area (Å²) in [6.07, 6.45) is 2.41. The molecule has 2 fully saturated rings. The number of carbonyl (C=O) groups excluding carboxylic acids is 2. The largest absolute Gasteiger partial charge is 0.463 e. The van der Waals surface area contributed by atoms with E-state index in [1.807, 2.05) is 0 Å². The maximum absolute atomic E-state index is 13.1. The van der Waals surface area contributed by atoms with E-state index in [1.165, 1.54) is 0 Å². The van der Waals surface area contributed by atoms with Crippen LogP contribution in [-0.2, 0) is 44.4 Å². The van der Waals surface area contributed by atoms with Crippen molar-refractivity contribution < 1.29 is 43.1 Å². The maximum atomic E-state index is 13.1. The van der Waals surface area contributed by atoms with Crippen LogP contribution in [0.2, 0.25) is 0 Å². The van der Waals surface area contributed by atoms with E-state index in [0.717, 1.165) is 0 Å². The minimum Gasteiger partial charge on any atom is -0.463 e. The molecule has 0 aliphatic carbocycles. The van der Waals surface area contributed by atoms with Crippen molar-refractivity contribution in [1.29, 1.82) is 0 Å². The van der Waals surface area contributed by atoms with Gasteiger partial charge in [-0.15, -0.1) is 6.42 Å². The third-order valence-corrected chi connectivity index (χ3v) is 5.50. The van der Waals surface area contributed by atoms with Crippen molar-refractivity contribution in [2.45, 2.75) is 69.6 Å². The third kappa shape index (κ3) is 4.90. The number of aliphatic hydroxyl groups is 1. The molecule has 0 spiro atoms. The van der Waals surface area contributed by atoms with E-state index in [0.29, 0.717) is 5.56 Å². The molecule has 3 rings (SSSR count). The Kier molecular flexibility index (Phi) is 7.46. The smallest absolute Gasteiger partial charge is 0.350 e. The number of benzene rings is 1. The molecule has 0 amide bonds. The van der Waals surface area contributed by atoms with Gasteiger partial charge < -0.3 is 33.5 Å². The number of rotatable bonds is 9. The average molecular weight is 462 g/mol. The zero-order chi connectivity index (χ0) is 24.3. The number of fused-ring (bicyclic) bond motifs is 1. The number of terminal acetylenes is 1. The number of carbonyl (C=O) groups is 2. The molecule has 9 heteroatoms. The topological polar surface area (TPSA) is 110 Å². The monoisotopic (exact) mass is 462 g/mol. The lowest BCUT2D eigenvalue weighted by Crippen LogP contribution is -2.56. The van der Waals surface area contributed by atoms with Gasteiger partial charge in [-0.2, -0.15) is 0 Å². The fraction of sp³-hybridized carbons (Fsp3) is 0.583. The Morgan fingerprint density at radius 2 is 1.73 bits per heavy atom. The van der Waals surface area contributed by atoms with Gasteiger partial charge in [0.25, 0.3) is 5.60 Å². The molecular formula is C24H30O9. The Morgan fingerprint density at radius 3 is 2.27 bits per heavy atom. The fourth-order valence-electron chi connectivity index (χ4n) is 3.91. The van der Waals surface area contributed by atoms with Crippen LogP contribution >= 0.6 is 0 Å². The number of esters is 2. The van der Waals surface area contributed by atoms with E-state index in [1.54, 1.807) is 58.0 Å². The van der Waals surface area contributed by atoms with Crippen LogP contribution in [0.15, 0.2) is 30.3 Å². The molecule has 180 valence electrons. The minimum atomic E-state index is -2.13. The van der Waals surface area contributed by atoms with Crippen molar-refractivity contribution in [2.24, 2.45) is 0 Å². The minimum absolute atomic E-state index is 0.0211. The van der Waals surface area contributed by atoms with Crippen molar-refractivity contribution >= 4 is 11.9 Å². The van der Waals surface area contributed by atoms with Gasteiger partial charge in [0.15, 0.2) is 23.8 Å². The van der Waals surface area contributed by atoms with E-state index in [9.17, 15) is 14.7 Å². The van der Waals surface area contributed by atoms with Gasteiger partial charge in [0.1, 0.15) is 6.10 Å². The summed E-state index contributed by atoms with van der Waals surface area (Å²) in [6.45, 7) is 6.19. The van der Waals surface area contributed by atoms with Crippen molar-refractivity contribution in [3.63, 3.8) is 0 Å². The van der Waals surface area contributed by atoms with E-state index in [4.69, 9.17) is 34.8 Å². The van der Waals surface area contributed by atoms with Crippen molar-refractivity contribution in [3.05, 3.63) is 35.9 Å². The van der Waals surface area contributed by atoms with Gasteiger partial charge in [-0.25, -0.2) is 9.59 Å². The van der Waals surface area contributed by atoms with Crippen LogP contribution in [0.3, 0.4) is 0 Å². The quantitative estimate of drug-likeness (QED) is 0.330. The Labute approximate surface area is 193 Å². The summed E-state index contributed by atoms with van der Waals surface area (Å²) in [5, 5.41) is 11.2. The highest BCUT2D eigenvalue weighted by molar-refractivity contribution is 6.04. The molecule has 1 aromatic carbocycles. The van der Waals surface area contributed by atoms with Crippen molar-refractivity contribution in [1.82, 2.24) is 0 Å². The van der Waals surface area contributed by atoms with Crippen LogP contribution in [0.4, 0.5) is 0 Å². The summed E-state index contributed by atoms with van der Waals surface area (Å²) in [5.41, 5.74) is -3.41. The van der Waals surface area contributed by atoms with Crippen LogP contribution in [0.1, 0.15) is 33.3 Å². The van der Waals surface area contributed by atoms with Gasteiger partial charge in [-0.05, 0) is 33.3 Å². The molecule has 33 heavy (non-hydrogen) atoms. The molecule has 9 nitrogen and oxygen atoms in total. The molecule has 0 bridgehead atoms. The van der Waals surface area contributed by atoms with Crippen LogP contribution < -0.4 is 0 Å². The van der Waals surface area contributed by atoms with Gasteiger partial charge in [-0.1, -0.05) is 36.3 Å². The van der Waals surface area contributed by atoms with Gasteiger partial charge in [0.05, 0.1) is 19.8 Å². The summed E-state index contributed by atoms with van der Waals surface area (Å²) < 4.78 is 33.5. The van der Waals surface area contributed by atoms with Gasteiger partial charge in [0.2, 0.25) is 0 Å². The Morgan fingerprint density at radius 1 is 1.12 bits per heavy atom. The number of hydrogen-bond acceptors (Lipinski definition) is 9. The van der Waals surface area contributed by atoms with Gasteiger partial charge >= 0.3 is 11.9 Å². The molecule has 0 aromatic heterocycles. The molecule has 2 aliphatic rings. The standard InChI is InChI=1S/C24H30O9/c1-6-23(27)17(31-19-18(23)32-22(4,5)33-19)15-30-24(20(25)28-7-2,21(26)29-8-3)14-16-12-10-9-11-13-16/h1,9-13,17-19,27H,7-8,14-15H2,2-5H3/t17-,18+,19-,23-/m1/s1. The summed E-state index contributed by atoms with van der Waals surface area (Å²) in [7, 11) is 0. The lowest BCUT2D eigenvalue weighted by Gasteiger charge is -2.33. The Balaban J connectivity index is 1.90. The molecule has 1 aromatic rings. The van der Waals surface area contributed by atoms with Gasteiger partial charge in [0, 0.05) is 6.42 Å². The zero-order valence-corrected chi connectivity index (χ0v) is 19.2. The fourth-order valence-corrected chi connectivity index (χ4v) is 3.91. The molecule has 1 N–H and O–H groups in total. The SMILES string of the molecule is C#C[C@@]1(O)[C@@H](COC(Cc2ccccc2)(C(=O)OCC)C(=O)OCC)O[C@@H]2OC(C)(C)O[C@@H]21. The molecule has 2 heterocycles. The first-order valence-corrected chi connectivity index (χ1v) is 10.9. The highest BCUT2D eigenvalue weighted by atomic mass is 16.8. The number of ether oxygens (including phenoxy) is 6. The highest BCUT2D eigenvalue weighted by Crippen LogP contribution is 2.43. The first kappa shape index (κ1) is 25.1. The van der Waals surface area contributed by atoms with Crippen molar-refractivity contribution in [2.75, 3.05) is 19.8 Å². The molecule has 2 aliphatic heterocycles. The molecular weight excluding hydrogens is 432 g/mol. The van der Waals surface area contributed by atoms with E-state index < -0.39 is 54.0 Å². The van der Waals surface area contributed by atoms with Crippen LogP contribution in [-0.4, -0.2) is 72.4 Å². The highest BCUT2D eigenvalue weighted by Gasteiger charge is 2.63. The molecule has 0 radical (unpaired) electrons. The molecule has 0 unspecified atom stereocenters. The molecule has 4 atom stereocenters. The Hall–Kier alpha value is -2.48. The first-order chi connectivity index (χ1) is 15.6. The second-order valence-corrected chi connectivity index (χ2v) is 8.26. The summed E-state index contributed by atoms with van der Waals surface area (Å²) in [6, 6.07) is 8.83. The summed E-state index contributed by atoms with van der Waals surface area (Å²) in [5.74, 6) is -0.521. The maximum Gasteiger partial charge on any atom is 0.350 e. The molecule has 2 saturated heterocycles. The van der Waals surface area contributed by atoms with E-state index >= 15 is 0 Å². The van der Waals surface area contributed by atoms with Crippen LogP contribution in [0.25, 0.3) is 0 Å². The second kappa shape index (κ2) is 9.79. The van der Waals surface area contributed by atoms with Crippen molar-refractivity contribution in [3.8, 4) is 12.3 Å².